The van der Waals surface area contributed by atoms with Gasteiger partial charge in [-0.1, -0.05) is 0 Å². The summed E-state index contributed by atoms with van der Waals surface area (Å²) in [5.41, 5.74) is 2.87. The maximum absolute atomic E-state index is 13.5. The average molecular weight is 416 g/mol. The Hall–Kier alpha value is -4.36. The molecule has 0 aliphatic carbocycles. The van der Waals surface area contributed by atoms with E-state index in [1.807, 2.05) is 37.1 Å². The molecule has 0 aliphatic rings. The first-order valence-corrected chi connectivity index (χ1v) is 9.18. The quantitative estimate of drug-likeness (QED) is 0.482. The van der Waals surface area contributed by atoms with Crippen molar-refractivity contribution in [3.8, 4) is 24.7 Å². The van der Waals surface area contributed by atoms with E-state index in [9.17, 15) is 9.18 Å². The zero-order chi connectivity index (χ0) is 22.8. The number of terminal acetylenes is 1. The van der Waals surface area contributed by atoms with E-state index in [1.165, 1.54) is 12.1 Å². The second-order valence-corrected chi connectivity index (χ2v) is 6.31. The van der Waals surface area contributed by atoms with E-state index in [-0.39, 0.29) is 18.2 Å². The van der Waals surface area contributed by atoms with Crippen molar-refractivity contribution >= 4 is 17.3 Å². The number of hydrogen-bond acceptors (Lipinski definition) is 5. The lowest BCUT2D eigenvalue weighted by Gasteiger charge is -2.20. The van der Waals surface area contributed by atoms with Crippen LogP contribution in [0.5, 0.6) is 5.75 Å². The molecule has 1 N–H and O–H groups in total. The molecule has 3 aromatic rings. The Morgan fingerprint density at radius 1 is 1.19 bits per heavy atom. The van der Waals surface area contributed by atoms with Gasteiger partial charge in [-0.3, -0.25) is 9.78 Å². The van der Waals surface area contributed by atoms with Crippen LogP contribution in [-0.2, 0) is 0 Å². The monoisotopic (exact) mass is 416 g/mol. The highest BCUT2D eigenvalue weighted by molar-refractivity contribution is 5.95. The number of ether oxygens (including phenoxy) is 1. The van der Waals surface area contributed by atoms with Gasteiger partial charge < -0.3 is 15.0 Å². The number of aromatic nitrogens is 1. The number of rotatable bonds is 6. The van der Waals surface area contributed by atoms with Gasteiger partial charge in [-0.25, -0.2) is 4.39 Å². The molecule has 1 heterocycles. The van der Waals surface area contributed by atoms with Gasteiger partial charge in [0.25, 0.3) is 5.91 Å². The van der Waals surface area contributed by atoms with E-state index in [0.29, 0.717) is 17.0 Å². The van der Waals surface area contributed by atoms with E-state index in [4.69, 9.17) is 10.00 Å². The Bertz CT molecular complexity index is 1100. The number of benzene rings is 2. The summed E-state index contributed by atoms with van der Waals surface area (Å²) in [6.07, 6.45) is 11.2. The van der Waals surface area contributed by atoms with Crippen molar-refractivity contribution in [2.75, 3.05) is 18.7 Å². The van der Waals surface area contributed by atoms with Gasteiger partial charge in [-0.2, -0.15) is 5.26 Å². The number of nitrogens with zero attached hydrogens (tertiary/aromatic N) is 3. The summed E-state index contributed by atoms with van der Waals surface area (Å²) in [5.74, 6) is -0.186. The number of carbonyl (C=O) groups excluding carboxylic acids is 1. The van der Waals surface area contributed by atoms with Crippen LogP contribution >= 0.6 is 0 Å². The molecule has 0 atom stereocenters. The summed E-state index contributed by atoms with van der Waals surface area (Å²) in [5, 5.41) is 11.7. The first kappa shape index (κ1) is 22.9. The smallest absolute Gasteiger partial charge is 0.254 e. The molecule has 0 saturated carbocycles. The molecule has 0 spiro atoms. The van der Waals surface area contributed by atoms with E-state index in [0.717, 1.165) is 11.3 Å². The Labute approximate surface area is 180 Å². The summed E-state index contributed by atoms with van der Waals surface area (Å²) in [4.78, 5) is 18.0. The number of hydrogen-bond donors (Lipinski definition) is 1. The number of amides is 1. The summed E-state index contributed by atoms with van der Waals surface area (Å²) >= 11 is 0. The third-order valence-corrected chi connectivity index (χ3v) is 4.42. The number of nitriles is 1. The highest BCUT2D eigenvalue weighted by atomic mass is 19.1. The van der Waals surface area contributed by atoms with E-state index in [2.05, 4.69) is 23.1 Å². The molecule has 0 aliphatic heterocycles. The summed E-state index contributed by atoms with van der Waals surface area (Å²) in [7, 11) is 1.82. The van der Waals surface area contributed by atoms with E-state index < -0.39 is 5.82 Å². The molecule has 31 heavy (non-hydrogen) atoms. The van der Waals surface area contributed by atoms with Crippen LogP contribution in [0.1, 0.15) is 21.5 Å². The van der Waals surface area contributed by atoms with Crippen LogP contribution in [0.25, 0.3) is 0 Å². The lowest BCUT2D eigenvalue weighted by molar-refractivity contribution is 0.0918. The van der Waals surface area contributed by atoms with Gasteiger partial charge in [-0.05, 0) is 61.0 Å². The third kappa shape index (κ3) is 5.81. The molecular formula is C24H21FN4O2. The first-order chi connectivity index (χ1) is 15.0. The van der Waals surface area contributed by atoms with Gasteiger partial charge in [0.1, 0.15) is 17.6 Å². The van der Waals surface area contributed by atoms with Crippen molar-refractivity contribution in [1.82, 2.24) is 10.3 Å². The van der Waals surface area contributed by atoms with Crippen molar-refractivity contribution in [3.05, 3.63) is 83.4 Å². The molecule has 7 heteroatoms. The lowest BCUT2D eigenvalue weighted by atomic mass is 10.1. The summed E-state index contributed by atoms with van der Waals surface area (Å²) in [6.45, 7) is 1.85. The minimum Gasteiger partial charge on any atom is -0.473 e. The largest absolute Gasteiger partial charge is 0.473 e. The second kappa shape index (κ2) is 11.0. The zero-order valence-electron chi connectivity index (χ0n) is 17.2. The van der Waals surface area contributed by atoms with Gasteiger partial charge in [0, 0.05) is 36.4 Å². The lowest BCUT2D eigenvalue weighted by Crippen LogP contribution is -2.28. The average Bonchev–Trinajstić information content (AvgIpc) is 2.81. The minimum atomic E-state index is -0.544. The molecule has 0 bridgehead atoms. The van der Waals surface area contributed by atoms with Gasteiger partial charge in [0.05, 0.1) is 5.56 Å². The number of nitrogens with one attached hydrogen (secondary N) is 1. The van der Waals surface area contributed by atoms with Crippen LogP contribution < -0.4 is 15.0 Å². The topological polar surface area (TPSA) is 78.2 Å². The zero-order valence-corrected chi connectivity index (χ0v) is 17.2. The Balaban J connectivity index is 0.00000166. The van der Waals surface area contributed by atoms with E-state index in [1.54, 1.807) is 36.7 Å². The summed E-state index contributed by atoms with van der Waals surface area (Å²) < 4.78 is 19.1. The second-order valence-electron chi connectivity index (χ2n) is 6.31. The predicted molar refractivity (Wildman–Crippen MR) is 117 cm³/mol. The van der Waals surface area contributed by atoms with Gasteiger partial charge >= 0.3 is 0 Å². The van der Waals surface area contributed by atoms with Gasteiger partial charge in [0.2, 0.25) is 0 Å². The highest BCUT2D eigenvalue weighted by Crippen LogP contribution is 2.27. The Morgan fingerprint density at radius 2 is 1.87 bits per heavy atom. The number of halogens is 1. The molecule has 6 nitrogen and oxygen atoms in total. The fourth-order valence-electron chi connectivity index (χ4n) is 2.73. The number of pyridine rings is 1. The maximum Gasteiger partial charge on any atom is 0.254 e. The van der Waals surface area contributed by atoms with Gasteiger partial charge in [0.15, 0.2) is 6.73 Å². The number of anilines is 2. The Morgan fingerprint density at radius 3 is 2.52 bits per heavy atom. The van der Waals surface area contributed by atoms with Gasteiger partial charge in [-0.15, -0.1) is 12.8 Å². The van der Waals surface area contributed by atoms with Crippen LogP contribution in [0.2, 0.25) is 0 Å². The fourth-order valence-corrected chi connectivity index (χ4v) is 2.73. The molecule has 0 unspecified atom stereocenters. The molecule has 1 amide bonds. The Kier molecular flexibility index (Phi) is 8.13. The van der Waals surface area contributed by atoms with Crippen molar-refractivity contribution in [2.45, 2.75) is 6.92 Å². The highest BCUT2D eigenvalue weighted by Gasteiger charge is 2.10. The minimum absolute atomic E-state index is 0.00511. The van der Waals surface area contributed by atoms with Crippen molar-refractivity contribution in [1.29, 1.82) is 5.26 Å². The van der Waals surface area contributed by atoms with Crippen molar-refractivity contribution in [2.24, 2.45) is 0 Å². The molecule has 1 aromatic heterocycles. The predicted octanol–water partition coefficient (Wildman–Crippen LogP) is 4.18. The van der Waals surface area contributed by atoms with E-state index >= 15 is 0 Å². The molecule has 2 aromatic carbocycles. The van der Waals surface area contributed by atoms with Crippen molar-refractivity contribution < 1.29 is 13.9 Å². The molecule has 0 radical (unpaired) electrons. The standard InChI is InChI=1S/C22H19FN4O2.C2H2/c1-15-13-25-10-9-20(15)22(28)26-14-29-19-6-3-17(4-7-19)27(2)18-5-8-21(23)16(11-18)12-24;1-2/h3-11,13H,14H2,1-2H3,(H,26,28);1-2H. The first-order valence-electron chi connectivity index (χ1n) is 9.18. The molecular weight excluding hydrogens is 395 g/mol. The molecule has 156 valence electrons. The van der Waals surface area contributed by atoms with Crippen LogP contribution in [0.4, 0.5) is 15.8 Å². The molecule has 3 rings (SSSR count). The number of aryl methyl sites for hydroxylation is 1. The number of carbonyl (C=O) groups is 1. The van der Waals surface area contributed by atoms with Crippen LogP contribution in [0, 0.1) is 36.9 Å². The molecule has 0 fully saturated rings. The van der Waals surface area contributed by atoms with Crippen LogP contribution in [0.3, 0.4) is 0 Å². The van der Waals surface area contributed by atoms with Crippen LogP contribution in [-0.4, -0.2) is 24.7 Å². The summed E-state index contributed by atoms with van der Waals surface area (Å²) in [6, 6.07) is 15.1. The third-order valence-electron chi connectivity index (χ3n) is 4.42. The normalized spacial score (nSPS) is 9.55. The SMILES string of the molecule is C#C.Cc1cnccc1C(=O)NCOc1ccc(N(C)c2ccc(F)c(C#N)c2)cc1. The van der Waals surface area contributed by atoms with Crippen molar-refractivity contribution in [3.63, 3.8) is 0 Å². The van der Waals surface area contributed by atoms with Crippen LogP contribution in [0.15, 0.2) is 60.9 Å². The maximum atomic E-state index is 13.5. The molecule has 0 saturated heterocycles. The fraction of sp³-hybridized carbons (Fsp3) is 0.125.